The van der Waals surface area contributed by atoms with Crippen molar-refractivity contribution in [3.05, 3.63) is 40.5 Å². The number of halogens is 1. The quantitative estimate of drug-likeness (QED) is 0.810. The van der Waals surface area contributed by atoms with Crippen molar-refractivity contribution in [3.8, 4) is 11.3 Å². The largest absolute Gasteiger partial charge is 0.278 e. The summed E-state index contributed by atoms with van der Waals surface area (Å²) in [5.41, 5.74) is 3.42. The Kier molecular flexibility index (Phi) is 2.19. The molecule has 1 heterocycles. The van der Waals surface area contributed by atoms with Crippen molar-refractivity contribution >= 4 is 15.9 Å². The maximum absolute atomic E-state index is 3.98. The number of aromatic nitrogens is 2. The van der Waals surface area contributed by atoms with E-state index in [0.29, 0.717) is 0 Å². The fourth-order valence-corrected chi connectivity index (χ4v) is 1.52. The van der Waals surface area contributed by atoms with Gasteiger partial charge in [0.25, 0.3) is 0 Å². The third-order valence-electron chi connectivity index (χ3n) is 1.96. The molecule has 0 unspecified atom stereocenters. The summed E-state index contributed by atoms with van der Waals surface area (Å²) < 4.78 is 1.09. The summed E-state index contributed by atoms with van der Waals surface area (Å²) in [6, 6.07) is 8.17. The van der Waals surface area contributed by atoms with Crippen LogP contribution in [0.25, 0.3) is 11.3 Å². The summed E-state index contributed by atoms with van der Waals surface area (Å²) in [5.74, 6) is 0. The minimum atomic E-state index is 1.09. The molecule has 0 spiro atoms. The lowest BCUT2D eigenvalue weighted by Gasteiger charge is -1.98. The molecule has 13 heavy (non-hydrogen) atoms. The summed E-state index contributed by atoms with van der Waals surface area (Å²) in [6.07, 6.45) is 1.83. The molecule has 0 fully saturated rings. The zero-order valence-electron chi connectivity index (χ0n) is 7.21. The molecule has 0 radical (unpaired) electrons. The van der Waals surface area contributed by atoms with Crippen LogP contribution in [0.4, 0.5) is 0 Å². The molecule has 3 heteroatoms. The van der Waals surface area contributed by atoms with Gasteiger partial charge in [-0.3, -0.25) is 5.10 Å². The molecule has 0 aliphatic carbocycles. The van der Waals surface area contributed by atoms with E-state index in [2.05, 4.69) is 38.3 Å². The SMILES string of the molecule is Cc1cn[nH]c1-c1ccc(Br)cc1. The predicted octanol–water partition coefficient (Wildman–Crippen LogP) is 3.15. The number of hydrogen-bond acceptors (Lipinski definition) is 1. The van der Waals surface area contributed by atoms with Gasteiger partial charge in [-0.1, -0.05) is 28.1 Å². The first kappa shape index (κ1) is 8.51. The number of aryl methyl sites for hydroxylation is 1. The molecule has 1 N–H and O–H groups in total. The van der Waals surface area contributed by atoms with Crippen molar-refractivity contribution < 1.29 is 0 Å². The Morgan fingerprint density at radius 1 is 1.23 bits per heavy atom. The molecule has 1 aromatic carbocycles. The molecule has 2 rings (SSSR count). The van der Waals surface area contributed by atoms with E-state index in [9.17, 15) is 0 Å². The van der Waals surface area contributed by atoms with E-state index in [0.717, 1.165) is 10.2 Å². The van der Waals surface area contributed by atoms with Crippen LogP contribution >= 0.6 is 15.9 Å². The molecular weight excluding hydrogens is 228 g/mol. The predicted molar refractivity (Wildman–Crippen MR) is 56.5 cm³/mol. The minimum Gasteiger partial charge on any atom is -0.278 e. The monoisotopic (exact) mass is 236 g/mol. The molecular formula is C10H9BrN2. The molecule has 0 amide bonds. The molecule has 0 aliphatic heterocycles. The Morgan fingerprint density at radius 2 is 1.92 bits per heavy atom. The number of benzene rings is 1. The average Bonchev–Trinajstić information content (AvgIpc) is 2.53. The molecule has 66 valence electrons. The van der Waals surface area contributed by atoms with Crippen LogP contribution in [0.15, 0.2) is 34.9 Å². The standard InChI is InChI=1S/C10H9BrN2/c1-7-6-12-13-10(7)8-2-4-9(11)5-3-8/h2-6H,1H3,(H,12,13). The lowest BCUT2D eigenvalue weighted by molar-refractivity contribution is 1.10. The van der Waals surface area contributed by atoms with E-state index in [4.69, 9.17) is 0 Å². The lowest BCUT2D eigenvalue weighted by atomic mass is 10.1. The molecule has 0 aliphatic rings. The highest BCUT2D eigenvalue weighted by atomic mass is 79.9. The van der Waals surface area contributed by atoms with E-state index in [-0.39, 0.29) is 0 Å². The Bertz CT molecular complexity index is 403. The first-order chi connectivity index (χ1) is 6.27. The molecule has 2 aromatic rings. The second-order valence-corrected chi connectivity index (χ2v) is 3.85. The summed E-state index contributed by atoms with van der Waals surface area (Å²) in [4.78, 5) is 0. The lowest BCUT2D eigenvalue weighted by Crippen LogP contribution is -1.79. The Labute approximate surface area is 85.1 Å². The first-order valence-corrected chi connectivity index (χ1v) is 4.82. The van der Waals surface area contributed by atoms with Crippen molar-refractivity contribution in [3.63, 3.8) is 0 Å². The fraction of sp³-hybridized carbons (Fsp3) is 0.100. The zero-order valence-corrected chi connectivity index (χ0v) is 8.80. The number of H-pyrrole nitrogens is 1. The van der Waals surface area contributed by atoms with Gasteiger partial charge in [0.15, 0.2) is 0 Å². The van der Waals surface area contributed by atoms with E-state index in [1.165, 1.54) is 11.1 Å². The topological polar surface area (TPSA) is 28.7 Å². The van der Waals surface area contributed by atoms with Gasteiger partial charge < -0.3 is 0 Å². The van der Waals surface area contributed by atoms with E-state index >= 15 is 0 Å². The second kappa shape index (κ2) is 3.34. The normalized spacial score (nSPS) is 10.3. The number of aromatic amines is 1. The number of hydrogen-bond donors (Lipinski definition) is 1. The number of nitrogens with zero attached hydrogens (tertiary/aromatic N) is 1. The number of nitrogens with one attached hydrogen (secondary N) is 1. The third kappa shape index (κ3) is 1.65. The van der Waals surface area contributed by atoms with Crippen molar-refractivity contribution in [2.75, 3.05) is 0 Å². The van der Waals surface area contributed by atoms with Crippen LogP contribution in [0, 0.1) is 6.92 Å². The summed E-state index contributed by atoms with van der Waals surface area (Å²) >= 11 is 3.40. The maximum atomic E-state index is 3.98. The van der Waals surface area contributed by atoms with Gasteiger partial charge in [0.2, 0.25) is 0 Å². The van der Waals surface area contributed by atoms with Crippen LogP contribution in [0.2, 0.25) is 0 Å². The van der Waals surface area contributed by atoms with Gasteiger partial charge in [-0.25, -0.2) is 0 Å². The van der Waals surface area contributed by atoms with Gasteiger partial charge in [-0.2, -0.15) is 5.10 Å². The fourth-order valence-electron chi connectivity index (χ4n) is 1.26. The highest BCUT2D eigenvalue weighted by Crippen LogP contribution is 2.21. The van der Waals surface area contributed by atoms with Crippen molar-refractivity contribution in [2.45, 2.75) is 6.92 Å². The third-order valence-corrected chi connectivity index (χ3v) is 2.49. The Balaban J connectivity index is 2.47. The molecule has 2 nitrogen and oxygen atoms in total. The molecule has 0 bridgehead atoms. The maximum Gasteiger partial charge on any atom is 0.0679 e. The van der Waals surface area contributed by atoms with E-state index < -0.39 is 0 Å². The van der Waals surface area contributed by atoms with Crippen molar-refractivity contribution in [1.82, 2.24) is 10.2 Å². The van der Waals surface area contributed by atoms with E-state index in [1.807, 2.05) is 25.3 Å². The van der Waals surface area contributed by atoms with Crippen LogP contribution in [0.5, 0.6) is 0 Å². The zero-order chi connectivity index (χ0) is 9.26. The van der Waals surface area contributed by atoms with Gasteiger partial charge in [0.1, 0.15) is 0 Å². The highest BCUT2D eigenvalue weighted by Gasteiger charge is 2.02. The van der Waals surface area contributed by atoms with E-state index in [1.54, 1.807) is 0 Å². The van der Waals surface area contributed by atoms with Crippen molar-refractivity contribution in [2.24, 2.45) is 0 Å². The van der Waals surface area contributed by atoms with Crippen LogP contribution in [0.1, 0.15) is 5.56 Å². The number of rotatable bonds is 1. The molecule has 0 saturated heterocycles. The molecule has 0 saturated carbocycles. The molecule has 0 atom stereocenters. The summed E-state index contributed by atoms with van der Waals surface area (Å²) in [6.45, 7) is 2.04. The average molecular weight is 237 g/mol. The summed E-state index contributed by atoms with van der Waals surface area (Å²) in [5, 5.41) is 6.96. The van der Waals surface area contributed by atoms with Crippen LogP contribution in [-0.2, 0) is 0 Å². The smallest absolute Gasteiger partial charge is 0.0679 e. The minimum absolute atomic E-state index is 1.09. The highest BCUT2D eigenvalue weighted by molar-refractivity contribution is 9.10. The molecule has 1 aromatic heterocycles. The van der Waals surface area contributed by atoms with Crippen molar-refractivity contribution in [1.29, 1.82) is 0 Å². The Hall–Kier alpha value is -1.09. The van der Waals surface area contributed by atoms with Crippen LogP contribution in [0.3, 0.4) is 0 Å². The van der Waals surface area contributed by atoms with Gasteiger partial charge in [-0.15, -0.1) is 0 Å². The van der Waals surface area contributed by atoms with Crippen LogP contribution < -0.4 is 0 Å². The van der Waals surface area contributed by atoms with Gasteiger partial charge >= 0.3 is 0 Å². The Morgan fingerprint density at radius 3 is 2.46 bits per heavy atom. The van der Waals surface area contributed by atoms with Gasteiger partial charge in [0.05, 0.1) is 11.9 Å². The van der Waals surface area contributed by atoms with Crippen LogP contribution in [-0.4, -0.2) is 10.2 Å². The second-order valence-electron chi connectivity index (χ2n) is 2.93. The first-order valence-electron chi connectivity index (χ1n) is 4.03. The summed E-state index contributed by atoms with van der Waals surface area (Å²) in [7, 11) is 0. The van der Waals surface area contributed by atoms with Gasteiger partial charge in [-0.05, 0) is 30.2 Å². The van der Waals surface area contributed by atoms with Gasteiger partial charge in [0, 0.05) is 4.47 Å².